The average molecular weight is 335 g/mol. The van der Waals surface area contributed by atoms with Crippen molar-refractivity contribution in [3.8, 4) is 0 Å². The molecular weight excluding hydrogens is 314 g/mol. The van der Waals surface area contributed by atoms with Crippen molar-refractivity contribution < 1.29 is 14.3 Å². The van der Waals surface area contributed by atoms with Gasteiger partial charge in [-0.05, 0) is 23.5 Å². The number of piperidine rings is 1. The van der Waals surface area contributed by atoms with Crippen LogP contribution in [0.1, 0.15) is 24.0 Å². The summed E-state index contributed by atoms with van der Waals surface area (Å²) >= 11 is 0. The lowest BCUT2D eigenvalue weighted by molar-refractivity contribution is -0.132. The van der Waals surface area contributed by atoms with Crippen molar-refractivity contribution in [1.82, 2.24) is 4.90 Å². The molecule has 1 saturated heterocycles. The molecule has 25 heavy (non-hydrogen) atoms. The average Bonchev–Trinajstić information content (AvgIpc) is 2.66. The van der Waals surface area contributed by atoms with Crippen LogP contribution in [-0.2, 0) is 16.1 Å². The molecule has 1 aliphatic rings. The first-order valence-corrected chi connectivity index (χ1v) is 8.46. The first-order valence-electron chi connectivity index (χ1n) is 8.46. The lowest BCUT2D eigenvalue weighted by Crippen LogP contribution is -2.42. The molecular formula is C21H21NO3. The third-order valence-electron chi connectivity index (χ3n) is 4.25. The van der Waals surface area contributed by atoms with Crippen molar-refractivity contribution in [3.63, 3.8) is 0 Å². The predicted octanol–water partition coefficient (Wildman–Crippen LogP) is 4.28. The van der Waals surface area contributed by atoms with Crippen LogP contribution in [0.15, 0.2) is 66.7 Å². The van der Waals surface area contributed by atoms with Gasteiger partial charge in [-0.1, -0.05) is 72.8 Å². The van der Waals surface area contributed by atoms with E-state index in [1.54, 1.807) is 0 Å². The van der Waals surface area contributed by atoms with E-state index >= 15 is 0 Å². The van der Waals surface area contributed by atoms with Crippen molar-refractivity contribution in [3.05, 3.63) is 77.9 Å². The molecule has 0 N–H and O–H groups in total. The van der Waals surface area contributed by atoms with Crippen LogP contribution in [0.25, 0.3) is 6.08 Å². The number of hydrogen-bond acceptors (Lipinski definition) is 3. The Morgan fingerprint density at radius 2 is 1.76 bits per heavy atom. The zero-order chi connectivity index (χ0) is 17.5. The van der Waals surface area contributed by atoms with Gasteiger partial charge < -0.3 is 4.74 Å². The maximum atomic E-state index is 12.3. The smallest absolute Gasteiger partial charge is 0.416 e. The Hall–Kier alpha value is -2.88. The fourth-order valence-electron chi connectivity index (χ4n) is 2.82. The van der Waals surface area contributed by atoms with Crippen LogP contribution in [-0.4, -0.2) is 23.4 Å². The molecule has 0 unspecified atom stereocenters. The molecule has 2 aromatic carbocycles. The topological polar surface area (TPSA) is 46.6 Å². The van der Waals surface area contributed by atoms with Gasteiger partial charge in [0.15, 0.2) is 0 Å². The van der Waals surface area contributed by atoms with E-state index in [0.29, 0.717) is 13.0 Å². The highest BCUT2D eigenvalue weighted by Crippen LogP contribution is 2.21. The van der Waals surface area contributed by atoms with E-state index in [-0.39, 0.29) is 18.4 Å². The summed E-state index contributed by atoms with van der Waals surface area (Å²) in [7, 11) is 0. The quantitative estimate of drug-likeness (QED) is 0.838. The van der Waals surface area contributed by atoms with Gasteiger partial charge in [0.1, 0.15) is 6.61 Å². The second kappa shape index (κ2) is 8.29. The van der Waals surface area contributed by atoms with Crippen LogP contribution in [0.3, 0.4) is 0 Å². The van der Waals surface area contributed by atoms with Crippen molar-refractivity contribution in [2.24, 2.45) is 5.92 Å². The third-order valence-corrected chi connectivity index (χ3v) is 4.25. The minimum atomic E-state index is -0.556. The summed E-state index contributed by atoms with van der Waals surface area (Å²) < 4.78 is 5.25. The van der Waals surface area contributed by atoms with E-state index in [0.717, 1.165) is 17.5 Å². The Labute approximate surface area is 147 Å². The van der Waals surface area contributed by atoms with Gasteiger partial charge in [-0.25, -0.2) is 9.69 Å². The van der Waals surface area contributed by atoms with Crippen LogP contribution in [0.2, 0.25) is 0 Å². The lowest BCUT2D eigenvalue weighted by Gasteiger charge is -2.28. The molecule has 128 valence electrons. The van der Waals surface area contributed by atoms with Crippen molar-refractivity contribution in [2.75, 3.05) is 6.54 Å². The number of rotatable bonds is 4. The van der Waals surface area contributed by atoms with Gasteiger partial charge in [-0.15, -0.1) is 0 Å². The Balaban J connectivity index is 1.50. The number of hydrogen-bond donors (Lipinski definition) is 0. The number of benzene rings is 2. The molecule has 0 radical (unpaired) electrons. The van der Waals surface area contributed by atoms with Crippen LogP contribution < -0.4 is 0 Å². The summed E-state index contributed by atoms with van der Waals surface area (Å²) in [5.41, 5.74) is 2.02. The predicted molar refractivity (Wildman–Crippen MR) is 96.5 cm³/mol. The Morgan fingerprint density at radius 1 is 1.08 bits per heavy atom. The molecule has 0 saturated carbocycles. The molecule has 4 nitrogen and oxygen atoms in total. The first kappa shape index (κ1) is 17.0. The Bertz CT molecular complexity index is 740. The molecule has 1 heterocycles. The highest BCUT2D eigenvalue weighted by molar-refractivity contribution is 5.92. The van der Waals surface area contributed by atoms with Gasteiger partial charge in [0, 0.05) is 13.0 Å². The molecule has 1 atom stereocenters. The number of nitrogens with zero attached hydrogens (tertiary/aromatic N) is 1. The third kappa shape index (κ3) is 4.80. The van der Waals surface area contributed by atoms with E-state index < -0.39 is 6.09 Å². The molecule has 4 heteroatoms. The SMILES string of the molecule is O=C1C[C@@H](/C=C/c2ccccc2)CCN1C(=O)OCc1ccccc1. The number of imide groups is 1. The van der Waals surface area contributed by atoms with Crippen LogP contribution in [0, 0.1) is 5.92 Å². The molecule has 2 amide bonds. The first-order chi connectivity index (χ1) is 12.2. The molecule has 3 rings (SSSR count). The second-order valence-electron chi connectivity index (χ2n) is 6.11. The molecule has 0 spiro atoms. The summed E-state index contributed by atoms with van der Waals surface area (Å²) in [5, 5.41) is 0. The van der Waals surface area contributed by atoms with Crippen molar-refractivity contribution in [1.29, 1.82) is 0 Å². The monoisotopic (exact) mass is 335 g/mol. The fraction of sp³-hybridized carbons (Fsp3) is 0.238. The Kier molecular flexibility index (Phi) is 5.62. The summed E-state index contributed by atoms with van der Waals surface area (Å²) in [6.07, 6.45) is 4.62. The van der Waals surface area contributed by atoms with Gasteiger partial charge in [0.2, 0.25) is 5.91 Å². The molecule has 2 aromatic rings. The van der Waals surface area contributed by atoms with E-state index in [9.17, 15) is 9.59 Å². The summed E-state index contributed by atoms with van der Waals surface area (Å²) in [5.74, 6) is -0.0158. The van der Waals surface area contributed by atoms with Gasteiger partial charge in [0.25, 0.3) is 0 Å². The van der Waals surface area contributed by atoms with E-state index in [4.69, 9.17) is 4.74 Å². The molecule has 1 fully saturated rings. The number of carbonyl (C=O) groups is 2. The largest absolute Gasteiger partial charge is 0.444 e. The minimum absolute atomic E-state index is 0.158. The zero-order valence-corrected chi connectivity index (χ0v) is 14.0. The van der Waals surface area contributed by atoms with Gasteiger partial charge in [-0.3, -0.25) is 4.79 Å². The molecule has 0 bridgehead atoms. The zero-order valence-electron chi connectivity index (χ0n) is 14.0. The van der Waals surface area contributed by atoms with E-state index in [1.807, 2.05) is 66.7 Å². The summed E-state index contributed by atoms with van der Waals surface area (Å²) in [6, 6.07) is 19.4. The van der Waals surface area contributed by atoms with Crippen molar-refractivity contribution in [2.45, 2.75) is 19.4 Å². The number of carbonyl (C=O) groups excluding carboxylic acids is 2. The standard InChI is InChI=1S/C21H21NO3/c23-20-15-18(12-11-17-7-3-1-4-8-17)13-14-22(20)21(24)25-16-19-9-5-2-6-10-19/h1-12,18H,13-16H2/b12-11+/t18-/m0/s1. The van der Waals surface area contributed by atoms with Crippen LogP contribution in [0.4, 0.5) is 4.79 Å². The van der Waals surface area contributed by atoms with Gasteiger partial charge >= 0.3 is 6.09 Å². The Morgan fingerprint density at radius 3 is 2.44 bits per heavy atom. The highest BCUT2D eigenvalue weighted by atomic mass is 16.6. The maximum Gasteiger partial charge on any atom is 0.416 e. The molecule has 0 aliphatic carbocycles. The highest BCUT2D eigenvalue weighted by Gasteiger charge is 2.29. The van der Waals surface area contributed by atoms with E-state index in [2.05, 4.69) is 6.08 Å². The number of likely N-dealkylation sites (tertiary alicyclic amines) is 1. The molecule has 1 aliphatic heterocycles. The summed E-state index contributed by atoms with van der Waals surface area (Å²) in [4.78, 5) is 25.6. The van der Waals surface area contributed by atoms with Crippen molar-refractivity contribution >= 4 is 18.1 Å². The van der Waals surface area contributed by atoms with Gasteiger partial charge in [0.05, 0.1) is 0 Å². The number of ether oxygens (including phenoxy) is 1. The lowest BCUT2D eigenvalue weighted by atomic mass is 9.95. The molecule has 0 aromatic heterocycles. The van der Waals surface area contributed by atoms with Crippen LogP contribution >= 0.6 is 0 Å². The fourth-order valence-corrected chi connectivity index (χ4v) is 2.82. The second-order valence-corrected chi connectivity index (χ2v) is 6.11. The normalized spacial score (nSPS) is 17.7. The maximum absolute atomic E-state index is 12.3. The number of allylic oxidation sites excluding steroid dienone is 1. The number of amides is 2. The van der Waals surface area contributed by atoms with Crippen LogP contribution in [0.5, 0.6) is 0 Å². The van der Waals surface area contributed by atoms with Gasteiger partial charge in [-0.2, -0.15) is 0 Å². The minimum Gasteiger partial charge on any atom is -0.444 e. The summed E-state index contributed by atoms with van der Waals surface area (Å²) in [6.45, 7) is 0.580. The van der Waals surface area contributed by atoms with E-state index in [1.165, 1.54) is 4.90 Å².